The summed E-state index contributed by atoms with van der Waals surface area (Å²) in [5.41, 5.74) is 5.47. The third-order valence-electron chi connectivity index (χ3n) is 0.682. The Morgan fingerprint density at radius 2 is 2.22 bits per heavy atom. The topological polar surface area (TPSA) is 41.1 Å². The molecule has 0 heterocycles. The van der Waals surface area contributed by atoms with Crippen LogP contribution < -0.4 is 10.9 Å². The van der Waals surface area contributed by atoms with Crippen LogP contribution in [0.25, 0.3) is 0 Å². The highest BCUT2D eigenvalue weighted by molar-refractivity contribution is 6.18. The number of alkyl halides is 1. The molecule has 3 nitrogen and oxygen atoms in total. The Bertz CT molecular complexity index is 87.0. The van der Waals surface area contributed by atoms with Crippen LogP contribution in [-0.4, -0.2) is 24.8 Å². The highest BCUT2D eigenvalue weighted by Crippen LogP contribution is 1.66. The van der Waals surface area contributed by atoms with Crippen LogP contribution in [0.1, 0.15) is 6.92 Å². The lowest BCUT2D eigenvalue weighted by atomic mass is 10.5. The number of hydrogen-bond donors (Lipinski definition) is 2. The smallest absolute Gasteiger partial charge is 0.144 e. The maximum absolute atomic E-state index is 10.3. The van der Waals surface area contributed by atoms with Crippen molar-refractivity contribution in [1.82, 2.24) is 10.9 Å². The van der Waals surface area contributed by atoms with E-state index in [0.717, 1.165) is 0 Å². The van der Waals surface area contributed by atoms with Gasteiger partial charge in [-0.3, -0.25) is 15.6 Å². The van der Waals surface area contributed by atoms with Crippen molar-refractivity contribution in [3.63, 3.8) is 0 Å². The molecular formula is C5H11ClN2O. The van der Waals surface area contributed by atoms with Gasteiger partial charge in [-0.05, 0) is 6.92 Å². The van der Waals surface area contributed by atoms with Gasteiger partial charge in [-0.2, -0.15) is 0 Å². The number of hydrazine groups is 1. The molecule has 2 N–H and O–H groups in total. The number of halogens is 1. The van der Waals surface area contributed by atoms with Gasteiger partial charge >= 0.3 is 0 Å². The fourth-order valence-corrected chi connectivity index (χ4v) is 0.417. The van der Waals surface area contributed by atoms with Gasteiger partial charge in [0.05, 0.1) is 6.54 Å². The predicted molar refractivity (Wildman–Crippen MR) is 37.4 cm³/mol. The molecule has 0 amide bonds. The largest absolute Gasteiger partial charge is 0.299 e. The van der Waals surface area contributed by atoms with Crippen molar-refractivity contribution in [2.24, 2.45) is 0 Å². The summed E-state index contributed by atoms with van der Waals surface area (Å²) in [5.74, 6) is 0.655. The summed E-state index contributed by atoms with van der Waals surface area (Å²) in [6.07, 6.45) is 0. The molecule has 4 heteroatoms. The molecule has 0 aromatic rings. The summed E-state index contributed by atoms with van der Waals surface area (Å²) >= 11 is 5.33. The highest BCUT2D eigenvalue weighted by atomic mass is 35.5. The Labute approximate surface area is 59.7 Å². The lowest BCUT2D eigenvalue weighted by molar-refractivity contribution is -0.116. The summed E-state index contributed by atoms with van der Waals surface area (Å²) in [4.78, 5) is 10.3. The number of ketones is 1. The zero-order chi connectivity index (χ0) is 7.11. The zero-order valence-corrected chi connectivity index (χ0v) is 6.16. The van der Waals surface area contributed by atoms with Crippen LogP contribution >= 0.6 is 11.6 Å². The third-order valence-corrected chi connectivity index (χ3v) is 0.871. The van der Waals surface area contributed by atoms with Gasteiger partial charge in [-0.25, -0.2) is 0 Å². The third kappa shape index (κ3) is 7.88. The lowest BCUT2D eigenvalue weighted by Crippen LogP contribution is -2.36. The van der Waals surface area contributed by atoms with Crippen LogP contribution in [0.4, 0.5) is 0 Å². The molecule has 0 bridgehead atoms. The molecule has 0 aliphatic carbocycles. The van der Waals surface area contributed by atoms with Crippen LogP contribution in [0.3, 0.4) is 0 Å². The van der Waals surface area contributed by atoms with E-state index in [0.29, 0.717) is 19.0 Å². The molecular weight excluding hydrogens is 140 g/mol. The van der Waals surface area contributed by atoms with Gasteiger partial charge in [0, 0.05) is 12.4 Å². The standard InChI is InChI=1S/C5H11ClN2O/c1-5(9)4-8-7-3-2-6/h7-8H,2-4H2,1H3. The summed E-state index contributed by atoms with van der Waals surface area (Å²) in [7, 11) is 0. The van der Waals surface area contributed by atoms with Crippen molar-refractivity contribution in [2.75, 3.05) is 19.0 Å². The van der Waals surface area contributed by atoms with E-state index < -0.39 is 0 Å². The molecule has 0 radical (unpaired) electrons. The van der Waals surface area contributed by atoms with Gasteiger partial charge < -0.3 is 0 Å². The highest BCUT2D eigenvalue weighted by Gasteiger charge is 1.88. The molecule has 0 aromatic heterocycles. The van der Waals surface area contributed by atoms with E-state index in [4.69, 9.17) is 11.6 Å². The van der Waals surface area contributed by atoms with Crippen LogP contribution in [0.5, 0.6) is 0 Å². The Morgan fingerprint density at radius 1 is 1.56 bits per heavy atom. The van der Waals surface area contributed by atoms with Crippen molar-refractivity contribution in [1.29, 1.82) is 0 Å². The molecule has 0 spiro atoms. The molecule has 0 fully saturated rings. The first-order chi connectivity index (χ1) is 4.27. The van der Waals surface area contributed by atoms with Gasteiger partial charge in [0.2, 0.25) is 0 Å². The second-order valence-electron chi connectivity index (χ2n) is 1.67. The first kappa shape index (κ1) is 8.88. The summed E-state index contributed by atoms with van der Waals surface area (Å²) < 4.78 is 0. The number of rotatable bonds is 5. The fourth-order valence-electron chi connectivity index (χ4n) is 0.323. The van der Waals surface area contributed by atoms with Gasteiger partial charge in [-0.15, -0.1) is 11.6 Å². The van der Waals surface area contributed by atoms with Crippen molar-refractivity contribution in [2.45, 2.75) is 6.92 Å². The minimum atomic E-state index is 0.108. The van der Waals surface area contributed by atoms with Gasteiger partial charge in [0.15, 0.2) is 0 Å². The second-order valence-corrected chi connectivity index (χ2v) is 2.05. The molecule has 0 unspecified atom stereocenters. The average Bonchev–Trinajstić information content (AvgIpc) is 1.80. The van der Waals surface area contributed by atoms with Gasteiger partial charge in [0.1, 0.15) is 5.78 Å². The van der Waals surface area contributed by atoms with E-state index in [1.165, 1.54) is 6.92 Å². The zero-order valence-electron chi connectivity index (χ0n) is 5.41. The summed E-state index contributed by atoms with van der Waals surface area (Å²) in [6.45, 7) is 2.56. The van der Waals surface area contributed by atoms with E-state index >= 15 is 0 Å². The number of carbonyl (C=O) groups is 1. The number of hydrogen-bond acceptors (Lipinski definition) is 3. The molecule has 0 aliphatic heterocycles. The van der Waals surface area contributed by atoms with Crippen molar-refractivity contribution in [3.05, 3.63) is 0 Å². The minimum Gasteiger partial charge on any atom is -0.299 e. The SMILES string of the molecule is CC(=O)CNNCCCl. The maximum Gasteiger partial charge on any atom is 0.144 e. The monoisotopic (exact) mass is 150 g/mol. The van der Waals surface area contributed by atoms with E-state index in [1.54, 1.807) is 0 Å². The Morgan fingerprint density at radius 3 is 2.67 bits per heavy atom. The Hall–Kier alpha value is -0.120. The fraction of sp³-hybridized carbons (Fsp3) is 0.800. The maximum atomic E-state index is 10.3. The van der Waals surface area contributed by atoms with Crippen LogP contribution in [0, 0.1) is 0 Å². The van der Waals surface area contributed by atoms with Crippen molar-refractivity contribution in [3.8, 4) is 0 Å². The van der Waals surface area contributed by atoms with Crippen molar-refractivity contribution >= 4 is 17.4 Å². The molecule has 9 heavy (non-hydrogen) atoms. The first-order valence-electron chi connectivity index (χ1n) is 2.78. The molecule has 0 atom stereocenters. The molecule has 54 valence electrons. The normalized spacial score (nSPS) is 9.56. The molecule has 0 saturated carbocycles. The van der Waals surface area contributed by atoms with Gasteiger partial charge in [0.25, 0.3) is 0 Å². The number of Topliss-reactive ketones (excluding diaryl/α,β-unsaturated/α-hetero) is 1. The van der Waals surface area contributed by atoms with E-state index in [1.807, 2.05) is 0 Å². The second kappa shape index (κ2) is 6.01. The Kier molecular flexibility index (Phi) is 5.93. The Balaban J connectivity index is 2.83. The number of carbonyl (C=O) groups excluding carboxylic acids is 1. The molecule has 0 saturated heterocycles. The summed E-state index contributed by atoms with van der Waals surface area (Å²) in [6, 6.07) is 0. The predicted octanol–water partition coefficient (Wildman–Crippen LogP) is -0.0916. The lowest BCUT2D eigenvalue weighted by Gasteiger charge is -2.00. The van der Waals surface area contributed by atoms with E-state index in [-0.39, 0.29) is 5.78 Å². The first-order valence-corrected chi connectivity index (χ1v) is 3.32. The molecule has 0 rings (SSSR count). The average molecular weight is 151 g/mol. The molecule has 0 aliphatic rings. The molecule has 0 aromatic carbocycles. The summed E-state index contributed by atoms with van der Waals surface area (Å²) in [5, 5.41) is 0. The van der Waals surface area contributed by atoms with Crippen LogP contribution in [0.15, 0.2) is 0 Å². The van der Waals surface area contributed by atoms with Crippen LogP contribution in [-0.2, 0) is 4.79 Å². The van der Waals surface area contributed by atoms with Crippen LogP contribution in [0.2, 0.25) is 0 Å². The minimum absolute atomic E-state index is 0.108. The quantitative estimate of drug-likeness (QED) is 0.327. The van der Waals surface area contributed by atoms with Gasteiger partial charge in [-0.1, -0.05) is 0 Å². The van der Waals surface area contributed by atoms with E-state index in [2.05, 4.69) is 10.9 Å². The number of nitrogens with one attached hydrogen (secondary N) is 2. The van der Waals surface area contributed by atoms with E-state index in [9.17, 15) is 4.79 Å². The van der Waals surface area contributed by atoms with Crippen molar-refractivity contribution < 1.29 is 4.79 Å².